The molecule has 1 amide bonds. The van der Waals surface area contributed by atoms with Crippen molar-refractivity contribution in [3.05, 3.63) is 18.0 Å². The SMILES string of the molecule is CCN(Cc1cnn(C)c1)C(=O)CNC.Cl.Cl. The summed E-state index contributed by atoms with van der Waals surface area (Å²) < 4.78 is 1.74. The number of hydrogen-bond donors (Lipinski definition) is 1. The number of halogens is 2. The van der Waals surface area contributed by atoms with Gasteiger partial charge in [0.05, 0.1) is 12.7 Å². The Kier molecular flexibility index (Phi) is 10.1. The van der Waals surface area contributed by atoms with Gasteiger partial charge in [0.1, 0.15) is 0 Å². The van der Waals surface area contributed by atoms with Crippen molar-refractivity contribution >= 4 is 30.7 Å². The predicted octanol–water partition coefficient (Wildman–Crippen LogP) is 0.832. The van der Waals surface area contributed by atoms with Crippen molar-refractivity contribution < 1.29 is 4.79 Å². The molecule has 1 N–H and O–H groups in total. The van der Waals surface area contributed by atoms with Gasteiger partial charge in [-0.25, -0.2) is 0 Å². The quantitative estimate of drug-likeness (QED) is 0.871. The molecule has 17 heavy (non-hydrogen) atoms. The van der Waals surface area contributed by atoms with Crippen LogP contribution in [0.2, 0.25) is 0 Å². The summed E-state index contributed by atoms with van der Waals surface area (Å²) in [5.41, 5.74) is 1.06. The minimum absolute atomic E-state index is 0. The highest BCUT2D eigenvalue weighted by atomic mass is 35.5. The third-order valence-electron chi connectivity index (χ3n) is 2.19. The molecule has 0 aromatic carbocycles. The molecule has 100 valence electrons. The van der Waals surface area contributed by atoms with Crippen LogP contribution < -0.4 is 5.32 Å². The van der Waals surface area contributed by atoms with Gasteiger partial charge in [-0.15, -0.1) is 24.8 Å². The van der Waals surface area contributed by atoms with E-state index in [0.29, 0.717) is 13.1 Å². The highest BCUT2D eigenvalue weighted by molar-refractivity contribution is 5.85. The summed E-state index contributed by atoms with van der Waals surface area (Å²) in [6.45, 7) is 3.71. The Morgan fingerprint density at radius 1 is 1.53 bits per heavy atom. The highest BCUT2D eigenvalue weighted by Gasteiger charge is 2.11. The topological polar surface area (TPSA) is 50.2 Å². The summed E-state index contributed by atoms with van der Waals surface area (Å²) in [6, 6.07) is 0. The van der Waals surface area contributed by atoms with Crippen LogP contribution in [0.3, 0.4) is 0 Å². The van der Waals surface area contributed by atoms with E-state index in [2.05, 4.69) is 10.4 Å². The van der Waals surface area contributed by atoms with E-state index in [4.69, 9.17) is 0 Å². The van der Waals surface area contributed by atoms with Gasteiger partial charge in [0, 0.05) is 31.9 Å². The first kappa shape index (κ1) is 18.6. The number of aryl methyl sites for hydroxylation is 1. The zero-order chi connectivity index (χ0) is 11.3. The molecule has 0 aliphatic carbocycles. The molecular weight excluding hydrogens is 263 g/mol. The van der Waals surface area contributed by atoms with Crippen LogP contribution in [0, 0.1) is 0 Å². The van der Waals surface area contributed by atoms with Gasteiger partial charge < -0.3 is 10.2 Å². The second kappa shape index (κ2) is 9.27. The van der Waals surface area contributed by atoms with E-state index in [0.717, 1.165) is 12.1 Å². The summed E-state index contributed by atoms with van der Waals surface area (Å²) in [5.74, 6) is 0.115. The molecule has 0 unspecified atom stereocenters. The molecule has 7 heteroatoms. The van der Waals surface area contributed by atoms with E-state index < -0.39 is 0 Å². The zero-order valence-corrected chi connectivity index (χ0v) is 12.0. The number of hydrogen-bond acceptors (Lipinski definition) is 3. The predicted molar refractivity (Wildman–Crippen MR) is 72.7 cm³/mol. The number of amides is 1. The minimum Gasteiger partial charge on any atom is -0.337 e. The fourth-order valence-electron chi connectivity index (χ4n) is 1.41. The molecule has 0 aliphatic heterocycles. The number of aromatic nitrogens is 2. The molecule has 5 nitrogen and oxygen atoms in total. The van der Waals surface area contributed by atoms with Crippen LogP contribution in [-0.4, -0.2) is 40.7 Å². The Bertz CT molecular complexity index is 330. The van der Waals surface area contributed by atoms with Crippen LogP contribution in [0.25, 0.3) is 0 Å². The van der Waals surface area contributed by atoms with Crippen molar-refractivity contribution in [2.24, 2.45) is 7.05 Å². The Morgan fingerprint density at radius 3 is 2.59 bits per heavy atom. The summed E-state index contributed by atoms with van der Waals surface area (Å²) in [7, 11) is 3.64. The average Bonchev–Trinajstić information content (AvgIpc) is 2.61. The van der Waals surface area contributed by atoms with Gasteiger partial charge in [-0.3, -0.25) is 9.48 Å². The van der Waals surface area contributed by atoms with Crippen molar-refractivity contribution in [3.8, 4) is 0 Å². The summed E-state index contributed by atoms with van der Waals surface area (Å²) in [6.07, 6.45) is 3.71. The van der Waals surface area contributed by atoms with Gasteiger partial charge in [-0.1, -0.05) is 0 Å². The normalized spacial score (nSPS) is 9.12. The maximum atomic E-state index is 11.6. The number of nitrogens with zero attached hydrogens (tertiary/aromatic N) is 3. The molecule has 0 bridgehead atoms. The third kappa shape index (κ3) is 5.91. The summed E-state index contributed by atoms with van der Waals surface area (Å²) >= 11 is 0. The van der Waals surface area contributed by atoms with Gasteiger partial charge in [-0.05, 0) is 14.0 Å². The fourth-order valence-corrected chi connectivity index (χ4v) is 1.41. The van der Waals surface area contributed by atoms with Crippen molar-refractivity contribution in [1.82, 2.24) is 20.0 Å². The Hall–Kier alpha value is -0.780. The van der Waals surface area contributed by atoms with E-state index in [-0.39, 0.29) is 30.7 Å². The van der Waals surface area contributed by atoms with E-state index >= 15 is 0 Å². The molecule has 0 spiro atoms. The lowest BCUT2D eigenvalue weighted by atomic mass is 10.3. The largest absolute Gasteiger partial charge is 0.337 e. The van der Waals surface area contributed by atoms with Crippen LogP contribution in [0.4, 0.5) is 0 Å². The van der Waals surface area contributed by atoms with Crippen LogP contribution in [-0.2, 0) is 18.4 Å². The Morgan fingerprint density at radius 2 is 2.18 bits per heavy atom. The molecule has 1 aromatic heterocycles. The fraction of sp³-hybridized carbons (Fsp3) is 0.600. The van der Waals surface area contributed by atoms with Gasteiger partial charge >= 0.3 is 0 Å². The molecule has 0 saturated heterocycles. The molecule has 1 aromatic rings. The Labute approximate surface area is 114 Å². The van der Waals surface area contributed by atoms with Gasteiger partial charge in [0.2, 0.25) is 5.91 Å². The Balaban J connectivity index is 0. The second-order valence-corrected chi connectivity index (χ2v) is 3.46. The lowest BCUT2D eigenvalue weighted by Crippen LogP contribution is -2.36. The first-order valence-electron chi connectivity index (χ1n) is 5.07. The second-order valence-electron chi connectivity index (χ2n) is 3.46. The monoisotopic (exact) mass is 282 g/mol. The van der Waals surface area contributed by atoms with Crippen molar-refractivity contribution in [2.45, 2.75) is 13.5 Å². The first-order valence-corrected chi connectivity index (χ1v) is 5.07. The molecule has 0 aliphatic rings. The summed E-state index contributed by atoms with van der Waals surface area (Å²) in [4.78, 5) is 13.4. The smallest absolute Gasteiger partial charge is 0.236 e. The molecule has 0 radical (unpaired) electrons. The van der Waals surface area contributed by atoms with E-state index in [1.54, 1.807) is 22.8 Å². The van der Waals surface area contributed by atoms with Gasteiger partial charge in [0.25, 0.3) is 0 Å². The van der Waals surface area contributed by atoms with E-state index in [1.165, 1.54) is 0 Å². The lowest BCUT2D eigenvalue weighted by molar-refractivity contribution is -0.130. The molecule has 1 rings (SSSR count). The van der Waals surface area contributed by atoms with Gasteiger partial charge in [-0.2, -0.15) is 5.10 Å². The van der Waals surface area contributed by atoms with Crippen molar-refractivity contribution in [3.63, 3.8) is 0 Å². The van der Waals surface area contributed by atoms with Gasteiger partial charge in [0.15, 0.2) is 0 Å². The maximum Gasteiger partial charge on any atom is 0.236 e. The third-order valence-corrected chi connectivity index (χ3v) is 2.19. The molecular formula is C10H20Cl2N4O. The average molecular weight is 283 g/mol. The van der Waals surface area contributed by atoms with Crippen LogP contribution >= 0.6 is 24.8 Å². The molecule has 0 atom stereocenters. The zero-order valence-electron chi connectivity index (χ0n) is 10.3. The van der Waals surface area contributed by atoms with E-state index in [1.807, 2.05) is 20.2 Å². The van der Waals surface area contributed by atoms with Crippen LogP contribution in [0.5, 0.6) is 0 Å². The number of carbonyl (C=O) groups is 1. The van der Waals surface area contributed by atoms with E-state index in [9.17, 15) is 4.79 Å². The van der Waals surface area contributed by atoms with Crippen molar-refractivity contribution in [1.29, 1.82) is 0 Å². The summed E-state index contributed by atoms with van der Waals surface area (Å²) in [5, 5.41) is 6.93. The minimum atomic E-state index is 0. The van der Waals surface area contributed by atoms with Crippen LogP contribution in [0.1, 0.15) is 12.5 Å². The van der Waals surface area contributed by atoms with Crippen LogP contribution in [0.15, 0.2) is 12.4 Å². The lowest BCUT2D eigenvalue weighted by Gasteiger charge is -2.19. The van der Waals surface area contributed by atoms with Crippen molar-refractivity contribution in [2.75, 3.05) is 20.1 Å². The number of nitrogens with one attached hydrogen (secondary N) is 1. The maximum absolute atomic E-state index is 11.6. The highest BCUT2D eigenvalue weighted by Crippen LogP contribution is 2.02. The number of rotatable bonds is 5. The first-order chi connectivity index (χ1) is 7.17. The molecule has 0 saturated carbocycles. The molecule has 0 fully saturated rings. The number of carbonyl (C=O) groups excluding carboxylic acids is 1. The number of likely N-dealkylation sites (N-methyl/N-ethyl adjacent to an activating group) is 2. The molecule has 1 heterocycles. The standard InChI is InChI=1S/C10H18N4O.2ClH/c1-4-14(10(15)6-11-2)8-9-5-12-13(3)7-9;;/h5,7,11H,4,6,8H2,1-3H3;2*1H.